The first kappa shape index (κ1) is 18.3. The van der Waals surface area contributed by atoms with Crippen LogP contribution in [0.4, 0.5) is 0 Å². The molecule has 2 N–H and O–H groups in total. The van der Waals surface area contributed by atoms with Crippen LogP contribution in [0.3, 0.4) is 0 Å². The Bertz CT molecular complexity index is 407. The van der Waals surface area contributed by atoms with Crippen molar-refractivity contribution in [3.8, 4) is 0 Å². The van der Waals surface area contributed by atoms with Crippen LogP contribution < -0.4 is 10.6 Å². The number of halogens is 1. The fourth-order valence-electron chi connectivity index (χ4n) is 4.60. The van der Waals surface area contributed by atoms with Gasteiger partial charge in [0.25, 0.3) is 0 Å². The largest absolute Gasteiger partial charge is 0.377 e. The molecule has 0 aromatic carbocycles. The van der Waals surface area contributed by atoms with Crippen molar-refractivity contribution in [1.82, 2.24) is 10.6 Å². The minimum Gasteiger partial charge on any atom is -0.377 e. The van der Waals surface area contributed by atoms with Gasteiger partial charge in [0, 0.05) is 37.1 Å². The SMILES string of the molecule is CN=C(NC(C)C(C)C)NC1C2CCOC2C12CCCC2.I. The van der Waals surface area contributed by atoms with Gasteiger partial charge in [-0.3, -0.25) is 4.99 Å². The number of nitrogens with one attached hydrogen (secondary N) is 2. The third-order valence-electron chi connectivity index (χ3n) is 6.17. The summed E-state index contributed by atoms with van der Waals surface area (Å²) in [5.74, 6) is 2.27. The Morgan fingerprint density at radius 2 is 1.91 bits per heavy atom. The van der Waals surface area contributed by atoms with Crippen LogP contribution in [-0.2, 0) is 4.74 Å². The molecule has 4 atom stereocenters. The van der Waals surface area contributed by atoms with Gasteiger partial charge in [0.05, 0.1) is 6.10 Å². The van der Waals surface area contributed by atoms with Crippen LogP contribution in [0.15, 0.2) is 4.99 Å². The second kappa shape index (κ2) is 7.24. The minimum absolute atomic E-state index is 0. The highest BCUT2D eigenvalue weighted by Gasteiger charge is 2.65. The molecule has 0 bridgehead atoms. The molecule has 22 heavy (non-hydrogen) atoms. The summed E-state index contributed by atoms with van der Waals surface area (Å²) in [6.07, 6.45) is 7.09. The van der Waals surface area contributed by atoms with E-state index in [0.717, 1.165) is 12.6 Å². The monoisotopic (exact) mass is 421 g/mol. The molecule has 1 saturated heterocycles. The van der Waals surface area contributed by atoms with Gasteiger partial charge in [-0.05, 0) is 32.1 Å². The zero-order valence-corrected chi connectivity index (χ0v) is 16.7. The van der Waals surface area contributed by atoms with Crippen LogP contribution >= 0.6 is 24.0 Å². The second-order valence-corrected chi connectivity index (χ2v) is 7.56. The quantitative estimate of drug-likeness (QED) is 0.418. The summed E-state index contributed by atoms with van der Waals surface area (Å²) in [6, 6.07) is 0.990. The van der Waals surface area contributed by atoms with Crippen LogP contribution in [-0.4, -0.2) is 37.8 Å². The topological polar surface area (TPSA) is 45.7 Å². The Labute approximate surface area is 152 Å². The van der Waals surface area contributed by atoms with Gasteiger partial charge in [0.2, 0.25) is 0 Å². The first-order chi connectivity index (χ1) is 10.1. The zero-order chi connectivity index (χ0) is 15.0. The highest BCUT2D eigenvalue weighted by molar-refractivity contribution is 14.0. The summed E-state index contributed by atoms with van der Waals surface area (Å²) in [4.78, 5) is 4.45. The molecular weight excluding hydrogens is 389 g/mol. The van der Waals surface area contributed by atoms with E-state index in [1.807, 2.05) is 7.05 Å². The van der Waals surface area contributed by atoms with Gasteiger partial charge < -0.3 is 15.4 Å². The molecule has 4 nitrogen and oxygen atoms in total. The van der Waals surface area contributed by atoms with E-state index in [0.29, 0.717) is 35.4 Å². The smallest absolute Gasteiger partial charge is 0.191 e. The molecule has 4 unspecified atom stereocenters. The third kappa shape index (κ3) is 2.99. The second-order valence-electron chi connectivity index (χ2n) is 7.56. The molecule has 0 aromatic rings. The highest BCUT2D eigenvalue weighted by atomic mass is 127. The normalized spacial score (nSPS) is 34.0. The lowest BCUT2D eigenvalue weighted by atomic mass is 9.54. The maximum absolute atomic E-state index is 6.05. The number of hydrogen-bond donors (Lipinski definition) is 2. The van der Waals surface area contributed by atoms with E-state index >= 15 is 0 Å². The van der Waals surface area contributed by atoms with Crippen LogP contribution in [0, 0.1) is 17.3 Å². The number of hydrogen-bond acceptors (Lipinski definition) is 2. The molecule has 1 heterocycles. The number of rotatable bonds is 3. The van der Waals surface area contributed by atoms with Crippen LogP contribution in [0.5, 0.6) is 0 Å². The lowest BCUT2D eigenvalue weighted by Crippen LogP contribution is -2.69. The van der Waals surface area contributed by atoms with Crippen molar-refractivity contribution in [2.45, 2.75) is 71.1 Å². The lowest BCUT2D eigenvalue weighted by molar-refractivity contribution is -0.125. The molecule has 5 heteroatoms. The van der Waals surface area contributed by atoms with Gasteiger partial charge in [-0.25, -0.2) is 0 Å². The van der Waals surface area contributed by atoms with Gasteiger partial charge in [0.1, 0.15) is 0 Å². The van der Waals surface area contributed by atoms with Crippen molar-refractivity contribution >= 4 is 29.9 Å². The van der Waals surface area contributed by atoms with E-state index in [-0.39, 0.29) is 24.0 Å². The molecular formula is C17H32IN3O. The molecule has 2 saturated carbocycles. The maximum Gasteiger partial charge on any atom is 0.191 e. The van der Waals surface area contributed by atoms with Crippen molar-refractivity contribution in [3.63, 3.8) is 0 Å². The first-order valence-corrected chi connectivity index (χ1v) is 8.70. The van der Waals surface area contributed by atoms with Gasteiger partial charge in [-0.1, -0.05) is 26.7 Å². The summed E-state index contributed by atoms with van der Waals surface area (Å²) >= 11 is 0. The summed E-state index contributed by atoms with van der Waals surface area (Å²) in [5.41, 5.74) is 0.389. The van der Waals surface area contributed by atoms with Crippen molar-refractivity contribution in [2.75, 3.05) is 13.7 Å². The average Bonchev–Trinajstić information content (AvgIpc) is 3.10. The molecule has 3 rings (SSSR count). The molecule has 0 aromatic heterocycles. The Hall–Kier alpha value is -0.0400. The predicted octanol–water partition coefficient (Wildman–Crippen LogP) is 3.16. The van der Waals surface area contributed by atoms with Crippen molar-refractivity contribution in [3.05, 3.63) is 0 Å². The van der Waals surface area contributed by atoms with Gasteiger partial charge >= 0.3 is 0 Å². The Morgan fingerprint density at radius 1 is 1.23 bits per heavy atom. The zero-order valence-electron chi connectivity index (χ0n) is 14.4. The van der Waals surface area contributed by atoms with E-state index in [1.54, 1.807) is 0 Å². The number of fused-ring (bicyclic) bond motifs is 2. The summed E-state index contributed by atoms with van der Waals surface area (Å²) in [7, 11) is 1.88. The van der Waals surface area contributed by atoms with E-state index in [9.17, 15) is 0 Å². The maximum atomic E-state index is 6.05. The van der Waals surface area contributed by atoms with Crippen LogP contribution in [0.1, 0.15) is 52.9 Å². The van der Waals surface area contributed by atoms with E-state index in [1.165, 1.54) is 32.1 Å². The minimum atomic E-state index is 0. The average molecular weight is 421 g/mol. The van der Waals surface area contributed by atoms with Gasteiger partial charge in [0.15, 0.2) is 5.96 Å². The molecule has 1 spiro atoms. The number of guanidine groups is 1. The fraction of sp³-hybridized carbons (Fsp3) is 0.941. The molecule has 2 aliphatic carbocycles. The van der Waals surface area contributed by atoms with E-state index in [2.05, 4.69) is 36.4 Å². The molecule has 3 aliphatic rings. The van der Waals surface area contributed by atoms with Crippen LogP contribution in [0.2, 0.25) is 0 Å². The Balaban J connectivity index is 0.00000176. The number of aliphatic imine (C=N–C) groups is 1. The summed E-state index contributed by atoms with van der Waals surface area (Å²) in [5, 5.41) is 7.30. The number of ether oxygens (including phenoxy) is 1. The molecule has 128 valence electrons. The van der Waals surface area contributed by atoms with E-state index < -0.39 is 0 Å². The summed E-state index contributed by atoms with van der Waals surface area (Å²) in [6.45, 7) is 7.66. The van der Waals surface area contributed by atoms with Crippen molar-refractivity contribution in [1.29, 1.82) is 0 Å². The van der Waals surface area contributed by atoms with Gasteiger partial charge in [-0.2, -0.15) is 0 Å². The third-order valence-corrected chi connectivity index (χ3v) is 6.17. The molecule has 1 aliphatic heterocycles. The van der Waals surface area contributed by atoms with Crippen molar-refractivity contribution in [2.24, 2.45) is 22.2 Å². The summed E-state index contributed by atoms with van der Waals surface area (Å²) < 4.78 is 6.05. The van der Waals surface area contributed by atoms with Crippen molar-refractivity contribution < 1.29 is 4.74 Å². The van der Waals surface area contributed by atoms with Crippen LogP contribution in [0.25, 0.3) is 0 Å². The standard InChI is InChI=1S/C17H31N3O.HI/c1-11(2)12(3)19-16(18-4)20-14-13-7-10-21-15(13)17(14)8-5-6-9-17;/h11-15H,5-10H2,1-4H3,(H2,18,19,20);1H. The van der Waals surface area contributed by atoms with Gasteiger partial charge in [-0.15, -0.1) is 24.0 Å². The molecule has 0 radical (unpaired) electrons. The molecule has 3 fully saturated rings. The van der Waals surface area contributed by atoms with E-state index in [4.69, 9.17) is 4.74 Å². The predicted molar refractivity (Wildman–Crippen MR) is 102 cm³/mol. The lowest BCUT2D eigenvalue weighted by Gasteiger charge is -2.57. The highest BCUT2D eigenvalue weighted by Crippen LogP contribution is 2.60. The Kier molecular flexibility index (Phi) is 6.02. The first-order valence-electron chi connectivity index (χ1n) is 8.70. The number of nitrogens with zero attached hydrogens (tertiary/aromatic N) is 1. The molecule has 0 amide bonds. The Morgan fingerprint density at radius 3 is 2.50 bits per heavy atom. The fourth-order valence-corrected chi connectivity index (χ4v) is 4.60.